The average molecular weight is 250 g/mol. The zero-order valence-corrected chi connectivity index (χ0v) is 11.3. The number of amides is 1. The number of likely N-dealkylation sites (N-methyl/N-ethyl adjacent to an activating group) is 1. The molecule has 4 nitrogen and oxygen atoms in total. The van der Waals surface area contributed by atoms with Crippen LogP contribution in [0.1, 0.15) is 30.4 Å². The maximum atomic E-state index is 11.9. The summed E-state index contributed by atoms with van der Waals surface area (Å²) in [7, 11) is 3.31. The number of hydrogen-bond donors (Lipinski definition) is 2. The van der Waals surface area contributed by atoms with E-state index in [-0.39, 0.29) is 11.8 Å². The van der Waals surface area contributed by atoms with Gasteiger partial charge in [0, 0.05) is 7.05 Å². The summed E-state index contributed by atoms with van der Waals surface area (Å²) < 4.78 is 5.29. The number of nitrogens with two attached hydrogens (primary N) is 1. The second-order valence-corrected chi connectivity index (χ2v) is 4.17. The van der Waals surface area contributed by atoms with Crippen LogP contribution in [0, 0.1) is 0 Å². The average Bonchev–Trinajstić information content (AvgIpc) is 2.43. The number of ether oxygens (including phenoxy) is 1. The van der Waals surface area contributed by atoms with E-state index in [1.165, 1.54) is 0 Å². The van der Waals surface area contributed by atoms with E-state index >= 15 is 0 Å². The molecule has 1 amide bonds. The molecule has 0 aliphatic rings. The fourth-order valence-corrected chi connectivity index (χ4v) is 2.08. The maximum Gasteiger partial charge on any atom is 0.227 e. The van der Waals surface area contributed by atoms with E-state index in [4.69, 9.17) is 10.5 Å². The van der Waals surface area contributed by atoms with Gasteiger partial charge in [-0.15, -0.1) is 0 Å². The molecule has 0 fully saturated rings. The molecule has 0 radical (unpaired) electrons. The van der Waals surface area contributed by atoms with Crippen LogP contribution in [0.3, 0.4) is 0 Å². The standard InChI is InChI=1S/C14H22N2O2/c1-4-10-9-11(5-6-13(10)18-3)12(7-8-15)14(17)16-2/h5-6,9,12H,4,7-8,15H2,1-3H3,(H,16,17). The van der Waals surface area contributed by atoms with E-state index < -0.39 is 0 Å². The highest BCUT2D eigenvalue weighted by atomic mass is 16.5. The van der Waals surface area contributed by atoms with Crippen molar-refractivity contribution in [3.63, 3.8) is 0 Å². The van der Waals surface area contributed by atoms with Gasteiger partial charge in [-0.3, -0.25) is 4.79 Å². The zero-order chi connectivity index (χ0) is 13.5. The first-order valence-electron chi connectivity index (χ1n) is 6.26. The Morgan fingerprint density at radius 2 is 2.22 bits per heavy atom. The summed E-state index contributed by atoms with van der Waals surface area (Å²) in [6.07, 6.45) is 1.52. The van der Waals surface area contributed by atoms with Crippen molar-refractivity contribution in [1.82, 2.24) is 5.32 Å². The third-order valence-electron chi connectivity index (χ3n) is 3.11. The first kappa shape index (κ1) is 14.5. The minimum Gasteiger partial charge on any atom is -0.496 e. The molecule has 0 saturated carbocycles. The molecule has 1 rings (SSSR count). The molecule has 0 bridgehead atoms. The number of methoxy groups -OCH3 is 1. The largest absolute Gasteiger partial charge is 0.496 e. The van der Waals surface area contributed by atoms with Crippen LogP contribution in [0.25, 0.3) is 0 Å². The molecule has 0 aliphatic heterocycles. The lowest BCUT2D eigenvalue weighted by Crippen LogP contribution is -2.27. The first-order valence-corrected chi connectivity index (χ1v) is 6.26. The van der Waals surface area contributed by atoms with Crippen molar-refractivity contribution >= 4 is 5.91 Å². The molecular weight excluding hydrogens is 228 g/mol. The maximum absolute atomic E-state index is 11.9. The Morgan fingerprint density at radius 3 is 2.72 bits per heavy atom. The van der Waals surface area contributed by atoms with Crippen molar-refractivity contribution in [2.45, 2.75) is 25.7 Å². The van der Waals surface area contributed by atoms with Gasteiger partial charge < -0.3 is 15.8 Å². The van der Waals surface area contributed by atoms with E-state index in [1.54, 1.807) is 14.2 Å². The zero-order valence-electron chi connectivity index (χ0n) is 11.3. The number of carbonyl (C=O) groups excluding carboxylic acids is 1. The van der Waals surface area contributed by atoms with E-state index in [2.05, 4.69) is 12.2 Å². The number of nitrogens with one attached hydrogen (secondary N) is 1. The van der Waals surface area contributed by atoms with Crippen LogP contribution < -0.4 is 15.8 Å². The van der Waals surface area contributed by atoms with Crippen LogP contribution in [0.2, 0.25) is 0 Å². The topological polar surface area (TPSA) is 64.4 Å². The fraction of sp³-hybridized carbons (Fsp3) is 0.500. The Kier molecular flexibility index (Phi) is 5.65. The number of benzene rings is 1. The van der Waals surface area contributed by atoms with Crippen molar-refractivity contribution in [3.05, 3.63) is 29.3 Å². The summed E-state index contributed by atoms with van der Waals surface area (Å²) in [5, 5.41) is 2.69. The highest BCUT2D eigenvalue weighted by Gasteiger charge is 2.19. The number of hydrogen-bond acceptors (Lipinski definition) is 3. The lowest BCUT2D eigenvalue weighted by molar-refractivity contribution is -0.122. The smallest absolute Gasteiger partial charge is 0.227 e. The van der Waals surface area contributed by atoms with Gasteiger partial charge in [-0.25, -0.2) is 0 Å². The normalized spacial score (nSPS) is 12.0. The Labute approximate surface area is 109 Å². The van der Waals surface area contributed by atoms with Crippen molar-refractivity contribution in [1.29, 1.82) is 0 Å². The Morgan fingerprint density at radius 1 is 1.50 bits per heavy atom. The molecular formula is C14H22N2O2. The van der Waals surface area contributed by atoms with Gasteiger partial charge in [0.05, 0.1) is 13.0 Å². The monoisotopic (exact) mass is 250 g/mol. The number of carbonyl (C=O) groups is 1. The first-order chi connectivity index (χ1) is 8.67. The molecule has 1 aromatic carbocycles. The fourth-order valence-electron chi connectivity index (χ4n) is 2.08. The van der Waals surface area contributed by atoms with E-state index in [1.807, 2.05) is 18.2 Å². The van der Waals surface area contributed by atoms with E-state index in [0.29, 0.717) is 13.0 Å². The van der Waals surface area contributed by atoms with Gasteiger partial charge >= 0.3 is 0 Å². The quantitative estimate of drug-likeness (QED) is 0.803. The SMILES string of the molecule is CCc1cc(C(CCN)C(=O)NC)ccc1OC. The molecule has 0 aromatic heterocycles. The summed E-state index contributed by atoms with van der Waals surface area (Å²) in [6, 6.07) is 5.89. The number of rotatable bonds is 6. The lowest BCUT2D eigenvalue weighted by Gasteiger charge is -2.17. The van der Waals surface area contributed by atoms with Crippen LogP contribution in [0.5, 0.6) is 5.75 Å². The Bertz CT molecular complexity index is 405. The van der Waals surface area contributed by atoms with Crippen molar-refractivity contribution < 1.29 is 9.53 Å². The molecule has 1 aromatic rings. The minimum absolute atomic E-state index is 0.00710. The molecule has 3 N–H and O–H groups in total. The van der Waals surface area contributed by atoms with E-state index in [0.717, 1.165) is 23.3 Å². The van der Waals surface area contributed by atoms with Gasteiger partial charge in [0.1, 0.15) is 5.75 Å². The Hall–Kier alpha value is -1.55. The van der Waals surface area contributed by atoms with Crippen molar-refractivity contribution in [3.8, 4) is 5.75 Å². The summed E-state index contributed by atoms with van der Waals surface area (Å²) in [4.78, 5) is 11.9. The third-order valence-corrected chi connectivity index (χ3v) is 3.11. The predicted octanol–water partition coefficient (Wildman–Crippen LogP) is 1.44. The molecule has 0 aliphatic carbocycles. The highest BCUT2D eigenvalue weighted by Crippen LogP contribution is 2.26. The molecule has 1 unspecified atom stereocenters. The molecule has 0 saturated heterocycles. The van der Waals surface area contributed by atoms with E-state index in [9.17, 15) is 4.79 Å². The van der Waals surface area contributed by atoms with Crippen molar-refractivity contribution in [2.75, 3.05) is 20.7 Å². The van der Waals surface area contributed by atoms with Crippen LogP contribution >= 0.6 is 0 Å². The second kappa shape index (κ2) is 7.01. The summed E-state index contributed by atoms with van der Waals surface area (Å²) >= 11 is 0. The van der Waals surface area contributed by atoms with Crippen molar-refractivity contribution in [2.24, 2.45) is 5.73 Å². The lowest BCUT2D eigenvalue weighted by atomic mass is 9.92. The molecule has 1 atom stereocenters. The van der Waals surface area contributed by atoms with Crippen LogP contribution in [0.15, 0.2) is 18.2 Å². The molecule has 0 heterocycles. The second-order valence-electron chi connectivity index (χ2n) is 4.17. The number of aryl methyl sites for hydroxylation is 1. The van der Waals surface area contributed by atoms with Gasteiger partial charge in [-0.1, -0.05) is 19.1 Å². The minimum atomic E-state index is -0.184. The summed E-state index contributed by atoms with van der Waals surface area (Å²) in [5.41, 5.74) is 7.69. The third kappa shape index (κ3) is 3.23. The highest BCUT2D eigenvalue weighted by molar-refractivity contribution is 5.83. The molecule has 4 heteroatoms. The predicted molar refractivity (Wildman–Crippen MR) is 72.9 cm³/mol. The van der Waals surface area contributed by atoms with Crippen LogP contribution in [0.4, 0.5) is 0 Å². The molecule has 18 heavy (non-hydrogen) atoms. The summed E-state index contributed by atoms with van der Waals surface area (Å²) in [6.45, 7) is 2.56. The Balaban J connectivity index is 3.08. The summed E-state index contributed by atoms with van der Waals surface area (Å²) in [5.74, 6) is 0.688. The molecule has 0 spiro atoms. The van der Waals surface area contributed by atoms with Crippen LogP contribution in [-0.2, 0) is 11.2 Å². The van der Waals surface area contributed by atoms with Gasteiger partial charge in [-0.05, 0) is 36.6 Å². The van der Waals surface area contributed by atoms with Gasteiger partial charge in [0.2, 0.25) is 5.91 Å². The molecule has 100 valence electrons. The van der Waals surface area contributed by atoms with Gasteiger partial charge in [-0.2, -0.15) is 0 Å². The van der Waals surface area contributed by atoms with Gasteiger partial charge in [0.25, 0.3) is 0 Å². The van der Waals surface area contributed by atoms with Gasteiger partial charge in [0.15, 0.2) is 0 Å². The van der Waals surface area contributed by atoms with Crippen LogP contribution in [-0.4, -0.2) is 26.6 Å².